The van der Waals surface area contributed by atoms with Crippen molar-refractivity contribution in [2.45, 2.75) is 25.6 Å². The molecule has 2 heteroatoms. The van der Waals surface area contributed by atoms with Crippen molar-refractivity contribution in [3.05, 3.63) is 102 Å². The Bertz CT molecular complexity index is 819. The summed E-state index contributed by atoms with van der Waals surface area (Å²) in [5, 5.41) is 0. The quantitative estimate of drug-likeness (QED) is 0.421. The maximum atomic E-state index is 6.09. The van der Waals surface area contributed by atoms with E-state index in [0.29, 0.717) is 12.1 Å². The summed E-state index contributed by atoms with van der Waals surface area (Å²) >= 11 is 0. The second kappa shape index (κ2) is 7.35. The standard InChI is InChI=1S/C24H26NO/c1-20(22-13-7-3-8-14-22)25(17-21-11-5-2-6-12-21)18-23(25)19-26-24-15-9-4-10-16-24/h2-16,20,23H,17-19H2,1H3/q+1/t20-,23+,25?/m1/s1. The van der Waals surface area contributed by atoms with E-state index in [4.69, 9.17) is 4.74 Å². The van der Waals surface area contributed by atoms with Crippen molar-refractivity contribution in [3.63, 3.8) is 0 Å². The van der Waals surface area contributed by atoms with Crippen molar-refractivity contribution >= 4 is 0 Å². The number of rotatable bonds is 7. The van der Waals surface area contributed by atoms with Gasteiger partial charge in [0.15, 0.2) is 6.04 Å². The summed E-state index contributed by atoms with van der Waals surface area (Å²) in [6.45, 7) is 5.35. The normalized spacial score (nSPS) is 22.6. The Kier molecular flexibility index (Phi) is 4.77. The molecule has 3 atom stereocenters. The topological polar surface area (TPSA) is 9.23 Å². The van der Waals surface area contributed by atoms with Gasteiger partial charge in [0.1, 0.15) is 31.5 Å². The molecule has 1 aliphatic heterocycles. The highest BCUT2D eigenvalue weighted by Crippen LogP contribution is 2.45. The van der Waals surface area contributed by atoms with Crippen LogP contribution in [0, 0.1) is 0 Å². The lowest BCUT2D eigenvalue weighted by atomic mass is 10.1. The van der Waals surface area contributed by atoms with Gasteiger partial charge in [0.2, 0.25) is 0 Å². The van der Waals surface area contributed by atoms with Gasteiger partial charge in [-0.2, -0.15) is 0 Å². The van der Waals surface area contributed by atoms with Gasteiger partial charge in [-0.05, 0) is 19.1 Å². The highest BCUT2D eigenvalue weighted by Gasteiger charge is 2.58. The monoisotopic (exact) mass is 344 g/mol. The molecule has 0 saturated carbocycles. The Morgan fingerprint density at radius 3 is 2.08 bits per heavy atom. The molecule has 1 heterocycles. The van der Waals surface area contributed by atoms with Gasteiger partial charge >= 0.3 is 0 Å². The zero-order chi connectivity index (χ0) is 17.8. The Labute approximate surface area is 156 Å². The van der Waals surface area contributed by atoms with Gasteiger partial charge in [0.25, 0.3) is 0 Å². The first-order chi connectivity index (χ1) is 12.8. The highest BCUT2D eigenvalue weighted by atomic mass is 16.5. The van der Waals surface area contributed by atoms with Gasteiger partial charge in [0.05, 0.1) is 0 Å². The minimum Gasteiger partial charge on any atom is -0.487 e. The summed E-state index contributed by atoms with van der Waals surface area (Å²) in [4.78, 5) is 0. The first kappa shape index (κ1) is 16.9. The summed E-state index contributed by atoms with van der Waals surface area (Å²) in [5.41, 5.74) is 2.81. The number of nitrogens with zero attached hydrogens (tertiary/aromatic N) is 1. The third kappa shape index (κ3) is 3.51. The fraction of sp³-hybridized carbons (Fsp3) is 0.250. The molecular formula is C24H26NO+. The SMILES string of the molecule is C[C@H](c1ccccc1)[N+]1(Cc2ccccc2)C[C@H]1COc1ccccc1. The molecule has 3 aromatic rings. The van der Waals surface area contributed by atoms with Gasteiger partial charge in [-0.15, -0.1) is 0 Å². The molecule has 0 spiro atoms. The maximum absolute atomic E-state index is 6.09. The van der Waals surface area contributed by atoms with Crippen molar-refractivity contribution in [2.75, 3.05) is 13.2 Å². The molecule has 1 aliphatic rings. The average Bonchev–Trinajstić information content (AvgIpc) is 3.42. The van der Waals surface area contributed by atoms with E-state index in [9.17, 15) is 0 Å². The lowest BCUT2D eigenvalue weighted by molar-refractivity contribution is -0.859. The fourth-order valence-corrected chi connectivity index (χ4v) is 4.01. The van der Waals surface area contributed by atoms with E-state index >= 15 is 0 Å². The van der Waals surface area contributed by atoms with E-state index < -0.39 is 0 Å². The minimum atomic E-state index is 0.459. The minimum absolute atomic E-state index is 0.459. The molecule has 1 saturated heterocycles. The number of ether oxygens (including phenoxy) is 1. The largest absolute Gasteiger partial charge is 0.487 e. The highest BCUT2D eigenvalue weighted by molar-refractivity contribution is 5.22. The molecule has 132 valence electrons. The van der Waals surface area contributed by atoms with Crippen molar-refractivity contribution in [2.24, 2.45) is 0 Å². The van der Waals surface area contributed by atoms with Crippen molar-refractivity contribution in [1.82, 2.24) is 0 Å². The zero-order valence-corrected chi connectivity index (χ0v) is 15.3. The smallest absolute Gasteiger partial charge is 0.174 e. The maximum Gasteiger partial charge on any atom is 0.174 e. The van der Waals surface area contributed by atoms with E-state index in [-0.39, 0.29) is 0 Å². The van der Waals surface area contributed by atoms with Gasteiger partial charge in [-0.3, -0.25) is 4.48 Å². The summed E-state index contributed by atoms with van der Waals surface area (Å²) in [5.74, 6) is 0.963. The van der Waals surface area contributed by atoms with Crippen LogP contribution in [0.1, 0.15) is 24.1 Å². The Hall–Kier alpha value is -2.58. The molecule has 1 unspecified atom stereocenters. The molecule has 26 heavy (non-hydrogen) atoms. The van der Waals surface area contributed by atoms with Crippen LogP contribution in [0.15, 0.2) is 91.0 Å². The van der Waals surface area contributed by atoms with Crippen LogP contribution in [0.2, 0.25) is 0 Å². The van der Waals surface area contributed by atoms with E-state index in [0.717, 1.165) is 29.9 Å². The molecular weight excluding hydrogens is 318 g/mol. The molecule has 1 fully saturated rings. The van der Waals surface area contributed by atoms with Gasteiger partial charge in [-0.25, -0.2) is 0 Å². The van der Waals surface area contributed by atoms with Crippen LogP contribution in [-0.4, -0.2) is 23.7 Å². The molecule has 0 radical (unpaired) electrons. The van der Waals surface area contributed by atoms with E-state index in [1.165, 1.54) is 11.1 Å². The van der Waals surface area contributed by atoms with Crippen LogP contribution in [-0.2, 0) is 6.54 Å². The predicted octanol–water partition coefficient (Wildman–Crippen LogP) is 5.23. The number of benzene rings is 3. The second-order valence-electron chi connectivity index (χ2n) is 7.29. The number of para-hydroxylation sites is 1. The molecule has 0 aliphatic carbocycles. The van der Waals surface area contributed by atoms with E-state index in [2.05, 4.69) is 67.6 Å². The fourth-order valence-electron chi connectivity index (χ4n) is 4.01. The molecule has 0 bridgehead atoms. The number of hydrogen-bond donors (Lipinski definition) is 0. The summed E-state index contributed by atoms with van der Waals surface area (Å²) < 4.78 is 7.16. The van der Waals surface area contributed by atoms with E-state index in [1.54, 1.807) is 0 Å². The van der Waals surface area contributed by atoms with Crippen molar-refractivity contribution < 1.29 is 9.22 Å². The van der Waals surface area contributed by atoms with Crippen molar-refractivity contribution in [3.8, 4) is 5.75 Å². The van der Waals surface area contributed by atoms with Crippen LogP contribution < -0.4 is 4.74 Å². The molecule has 0 amide bonds. The number of hydrogen-bond acceptors (Lipinski definition) is 1. The molecule has 0 N–H and O–H groups in total. The van der Waals surface area contributed by atoms with E-state index in [1.807, 2.05) is 30.3 Å². The van der Waals surface area contributed by atoms with Crippen LogP contribution in [0.4, 0.5) is 0 Å². The lowest BCUT2D eigenvalue weighted by Crippen LogP contribution is -2.33. The Morgan fingerprint density at radius 1 is 0.846 bits per heavy atom. The average molecular weight is 344 g/mol. The first-order valence-electron chi connectivity index (χ1n) is 9.41. The van der Waals surface area contributed by atoms with Crippen LogP contribution in [0.25, 0.3) is 0 Å². The molecule has 4 rings (SSSR count). The third-order valence-corrected chi connectivity index (χ3v) is 5.70. The summed E-state index contributed by atoms with van der Waals surface area (Å²) in [6.07, 6.45) is 0. The Morgan fingerprint density at radius 2 is 1.42 bits per heavy atom. The van der Waals surface area contributed by atoms with Gasteiger partial charge in [-0.1, -0.05) is 78.9 Å². The van der Waals surface area contributed by atoms with Gasteiger partial charge < -0.3 is 4.74 Å². The molecule has 3 aromatic carbocycles. The third-order valence-electron chi connectivity index (χ3n) is 5.70. The molecule has 0 aromatic heterocycles. The summed E-state index contributed by atoms with van der Waals surface area (Å²) in [6, 6.07) is 32.9. The van der Waals surface area contributed by atoms with Crippen LogP contribution in [0.3, 0.4) is 0 Å². The molecule has 2 nitrogen and oxygen atoms in total. The number of quaternary nitrogens is 1. The lowest BCUT2D eigenvalue weighted by Gasteiger charge is -2.28. The van der Waals surface area contributed by atoms with Gasteiger partial charge in [0, 0.05) is 11.1 Å². The zero-order valence-electron chi connectivity index (χ0n) is 15.3. The van der Waals surface area contributed by atoms with Crippen LogP contribution >= 0.6 is 0 Å². The second-order valence-corrected chi connectivity index (χ2v) is 7.29. The van der Waals surface area contributed by atoms with Crippen molar-refractivity contribution in [1.29, 1.82) is 0 Å². The Balaban J connectivity index is 1.53. The van der Waals surface area contributed by atoms with Crippen LogP contribution in [0.5, 0.6) is 5.75 Å². The predicted molar refractivity (Wildman–Crippen MR) is 106 cm³/mol. The first-order valence-corrected chi connectivity index (χ1v) is 9.41. The summed E-state index contributed by atoms with van der Waals surface area (Å²) in [7, 11) is 0.